The summed E-state index contributed by atoms with van der Waals surface area (Å²) in [4.78, 5) is 7.29. The first-order valence-corrected chi connectivity index (χ1v) is 8.98. The van der Waals surface area contributed by atoms with E-state index < -0.39 is 0 Å². The van der Waals surface area contributed by atoms with Gasteiger partial charge in [0.05, 0.1) is 30.5 Å². The van der Waals surface area contributed by atoms with Gasteiger partial charge in [0.2, 0.25) is 0 Å². The summed E-state index contributed by atoms with van der Waals surface area (Å²) in [6.07, 6.45) is 4.94. The van der Waals surface area contributed by atoms with Crippen LogP contribution in [0.4, 0.5) is 5.69 Å². The predicted octanol–water partition coefficient (Wildman–Crippen LogP) is 3.21. The van der Waals surface area contributed by atoms with Gasteiger partial charge in [-0.05, 0) is 31.0 Å². The van der Waals surface area contributed by atoms with Gasteiger partial charge in [0, 0.05) is 36.6 Å². The summed E-state index contributed by atoms with van der Waals surface area (Å²) in [5, 5.41) is 5.55. The van der Waals surface area contributed by atoms with Crippen molar-refractivity contribution in [1.82, 2.24) is 14.8 Å². The van der Waals surface area contributed by atoms with Gasteiger partial charge in [-0.1, -0.05) is 25.1 Å². The number of hydrogen-bond acceptors (Lipinski definition) is 4. The Morgan fingerprint density at radius 3 is 2.92 bits per heavy atom. The first kappa shape index (κ1) is 16.1. The predicted molar refractivity (Wildman–Crippen MR) is 100 cm³/mol. The average Bonchev–Trinajstić information content (AvgIpc) is 3.13. The number of hydrogen-bond donors (Lipinski definition) is 0. The molecular weight excluding hydrogens is 312 g/mol. The maximum absolute atomic E-state index is 6.00. The van der Waals surface area contributed by atoms with E-state index >= 15 is 0 Å². The standard InChI is InChI=1S/C20H24N4O/c1-3-17-15(2)22-19-8-5-4-7-18(19)20(17)23-11-12-25-16(13-23)14-24-10-6-9-21-24/h4-10,16H,3,11-14H2,1-2H3. The Labute approximate surface area is 148 Å². The lowest BCUT2D eigenvalue weighted by Crippen LogP contribution is -2.45. The Bertz CT molecular complexity index is 860. The molecule has 0 amide bonds. The Morgan fingerprint density at radius 1 is 1.24 bits per heavy atom. The van der Waals surface area contributed by atoms with Gasteiger partial charge in [0.25, 0.3) is 0 Å². The molecule has 1 atom stereocenters. The number of fused-ring (bicyclic) bond motifs is 1. The van der Waals surface area contributed by atoms with Crippen molar-refractivity contribution in [2.24, 2.45) is 0 Å². The zero-order chi connectivity index (χ0) is 17.2. The van der Waals surface area contributed by atoms with Gasteiger partial charge in [-0.25, -0.2) is 0 Å². The van der Waals surface area contributed by atoms with Crippen LogP contribution in [-0.4, -0.2) is 40.6 Å². The van der Waals surface area contributed by atoms with Crippen molar-refractivity contribution < 1.29 is 4.74 Å². The van der Waals surface area contributed by atoms with E-state index in [2.05, 4.69) is 48.1 Å². The second-order valence-electron chi connectivity index (χ2n) is 6.56. The molecule has 3 aromatic rings. The van der Waals surface area contributed by atoms with Gasteiger partial charge in [-0.3, -0.25) is 9.67 Å². The number of nitrogens with zero attached hydrogens (tertiary/aromatic N) is 4. The maximum Gasteiger partial charge on any atom is 0.0946 e. The molecule has 3 heterocycles. The minimum atomic E-state index is 0.144. The molecule has 0 radical (unpaired) electrons. The lowest BCUT2D eigenvalue weighted by molar-refractivity contribution is 0.0275. The van der Waals surface area contributed by atoms with Crippen LogP contribution in [0.3, 0.4) is 0 Å². The molecule has 0 bridgehead atoms. The van der Waals surface area contributed by atoms with Gasteiger partial charge in [-0.2, -0.15) is 5.10 Å². The van der Waals surface area contributed by atoms with E-state index in [1.54, 1.807) is 0 Å². The van der Waals surface area contributed by atoms with Gasteiger partial charge < -0.3 is 9.64 Å². The smallest absolute Gasteiger partial charge is 0.0946 e. The quantitative estimate of drug-likeness (QED) is 0.734. The number of aromatic nitrogens is 3. The van der Waals surface area contributed by atoms with E-state index in [4.69, 9.17) is 9.72 Å². The third kappa shape index (κ3) is 3.12. The summed E-state index contributed by atoms with van der Waals surface area (Å²) in [5.41, 5.74) is 4.88. The van der Waals surface area contributed by atoms with E-state index in [1.807, 2.05) is 23.1 Å². The molecular formula is C20H24N4O. The van der Waals surface area contributed by atoms with Crippen molar-refractivity contribution in [3.63, 3.8) is 0 Å². The molecule has 5 heteroatoms. The average molecular weight is 336 g/mol. The number of anilines is 1. The zero-order valence-corrected chi connectivity index (χ0v) is 14.9. The Morgan fingerprint density at radius 2 is 2.12 bits per heavy atom. The van der Waals surface area contributed by atoms with Crippen molar-refractivity contribution in [1.29, 1.82) is 0 Å². The molecule has 2 aromatic heterocycles. The molecule has 4 rings (SSSR count). The molecule has 1 aliphatic rings. The topological polar surface area (TPSA) is 43.2 Å². The second-order valence-corrected chi connectivity index (χ2v) is 6.56. The molecule has 0 spiro atoms. The fraction of sp³-hybridized carbons (Fsp3) is 0.400. The molecule has 0 saturated carbocycles. The molecule has 0 aliphatic carbocycles. The minimum Gasteiger partial charge on any atom is -0.373 e. The largest absolute Gasteiger partial charge is 0.373 e. The summed E-state index contributed by atoms with van der Waals surface area (Å²) in [6, 6.07) is 10.4. The summed E-state index contributed by atoms with van der Waals surface area (Å²) < 4.78 is 7.95. The van der Waals surface area contributed by atoms with Gasteiger partial charge >= 0.3 is 0 Å². The molecule has 1 aliphatic heterocycles. The van der Waals surface area contributed by atoms with E-state index in [-0.39, 0.29) is 6.10 Å². The van der Waals surface area contributed by atoms with Crippen molar-refractivity contribution >= 4 is 16.6 Å². The number of ether oxygens (including phenoxy) is 1. The molecule has 1 unspecified atom stereocenters. The molecule has 1 fully saturated rings. The molecule has 5 nitrogen and oxygen atoms in total. The fourth-order valence-corrected chi connectivity index (χ4v) is 3.79. The Hall–Kier alpha value is -2.40. The van der Waals surface area contributed by atoms with Gasteiger partial charge in [0.15, 0.2) is 0 Å². The van der Waals surface area contributed by atoms with Crippen LogP contribution in [-0.2, 0) is 17.7 Å². The zero-order valence-electron chi connectivity index (χ0n) is 14.9. The fourth-order valence-electron chi connectivity index (χ4n) is 3.79. The highest BCUT2D eigenvalue weighted by Crippen LogP contribution is 2.33. The van der Waals surface area contributed by atoms with E-state index in [0.29, 0.717) is 0 Å². The lowest BCUT2D eigenvalue weighted by atomic mass is 10.0. The summed E-state index contributed by atoms with van der Waals surface area (Å²) in [7, 11) is 0. The van der Waals surface area contributed by atoms with E-state index in [0.717, 1.165) is 43.9 Å². The van der Waals surface area contributed by atoms with Crippen molar-refractivity contribution in [3.05, 3.63) is 54.0 Å². The molecule has 1 aromatic carbocycles. The van der Waals surface area contributed by atoms with Crippen LogP contribution < -0.4 is 4.90 Å². The van der Waals surface area contributed by atoms with Crippen molar-refractivity contribution in [2.45, 2.75) is 32.9 Å². The van der Waals surface area contributed by atoms with Crippen LogP contribution in [0.15, 0.2) is 42.7 Å². The number of morpholine rings is 1. The SMILES string of the molecule is CCc1c(C)nc2ccccc2c1N1CCOC(Cn2cccn2)C1. The number of rotatable bonds is 4. The minimum absolute atomic E-state index is 0.144. The first-order chi connectivity index (χ1) is 12.3. The van der Waals surface area contributed by atoms with Crippen LogP contribution in [0.2, 0.25) is 0 Å². The van der Waals surface area contributed by atoms with Crippen molar-refractivity contribution in [2.75, 3.05) is 24.6 Å². The van der Waals surface area contributed by atoms with Crippen LogP contribution in [0.5, 0.6) is 0 Å². The summed E-state index contributed by atoms with van der Waals surface area (Å²) >= 11 is 0. The van der Waals surface area contributed by atoms with E-state index in [9.17, 15) is 0 Å². The monoisotopic (exact) mass is 336 g/mol. The molecule has 130 valence electrons. The molecule has 25 heavy (non-hydrogen) atoms. The Balaban J connectivity index is 1.70. The summed E-state index contributed by atoms with van der Waals surface area (Å²) in [6.45, 7) is 7.65. The molecule has 1 saturated heterocycles. The van der Waals surface area contributed by atoms with Gasteiger partial charge in [-0.15, -0.1) is 0 Å². The van der Waals surface area contributed by atoms with E-state index in [1.165, 1.54) is 16.6 Å². The van der Waals surface area contributed by atoms with Crippen LogP contribution >= 0.6 is 0 Å². The van der Waals surface area contributed by atoms with Crippen LogP contribution in [0.1, 0.15) is 18.2 Å². The lowest BCUT2D eigenvalue weighted by Gasteiger charge is -2.36. The normalized spacial score (nSPS) is 18.0. The number of pyridine rings is 1. The Kier molecular flexibility index (Phi) is 4.40. The highest BCUT2D eigenvalue weighted by atomic mass is 16.5. The van der Waals surface area contributed by atoms with Crippen LogP contribution in [0.25, 0.3) is 10.9 Å². The van der Waals surface area contributed by atoms with Gasteiger partial charge in [0.1, 0.15) is 0 Å². The van der Waals surface area contributed by atoms with Crippen LogP contribution in [0, 0.1) is 6.92 Å². The summed E-state index contributed by atoms with van der Waals surface area (Å²) in [5.74, 6) is 0. The third-order valence-electron chi connectivity index (χ3n) is 4.93. The number of aryl methyl sites for hydroxylation is 1. The third-order valence-corrected chi connectivity index (χ3v) is 4.93. The first-order valence-electron chi connectivity index (χ1n) is 8.98. The number of benzene rings is 1. The highest BCUT2D eigenvalue weighted by Gasteiger charge is 2.25. The highest BCUT2D eigenvalue weighted by molar-refractivity contribution is 5.94. The second kappa shape index (κ2) is 6.84. The van der Waals surface area contributed by atoms with Crippen molar-refractivity contribution in [3.8, 4) is 0 Å². The molecule has 0 N–H and O–H groups in total. The number of para-hydroxylation sites is 1. The maximum atomic E-state index is 6.00.